The van der Waals surface area contributed by atoms with Crippen molar-refractivity contribution in [3.05, 3.63) is 12.2 Å². The third kappa shape index (κ3) is 0.451. The first-order valence-corrected chi connectivity index (χ1v) is 3.14. The Kier molecular flexibility index (Phi) is 0.662. The number of fused-ring (bicyclic) bond motifs is 1. The van der Waals surface area contributed by atoms with Crippen LogP contribution in [0.15, 0.2) is 12.2 Å². The number of hydrogen-bond donors (Lipinski definition) is 0. The molecule has 0 N–H and O–H groups in total. The van der Waals surface area contributed by atoms with Gasteiger partial charge in [0.25, 0.3) is 0 Å². The summed E-state index contributed by atoms with van der Waals surface area (Å²) in [5.41, 5.74) is 0.259. The first kappa shape index (κ1) is 4.57. The van der Waals surface area contributed by atoms with E-state index in [1.165, 1.54) is 0 Å². The van der Waals surface area contributed by atoms with Crippen molar-refractivity contribution >= 4 is 0 Å². The van der Waals surface area contributed by atoms with E-state index in [0.29, 0.717) is 6.10 Å². The molecule has 0 aromatic carbocycles. The lowest BCUT2D eigenvalue weighted by Crippen LogP contribution is -2.10. The zero-order valence-corrected chi connectivity index (χ0v) is 5.05. The zero-order chi connectivity index (χ0) is 5.61. The van der Waals surface area contributed by atoms with Gasteiger partial charge in [-0.15, -0.1) is 0 Å². The van der Waals surface area contributed by atoms with E-state index < -0.39 is 0 Å². The third-order valence-corrected chi connectivity index (χ3v) is 2.08. The SMILES string of the molecule is C[C@@]12CC=CC[C@@H]1O2. The van der Waals surface area contributed by atoms with Gasteiger partial charge >= 0.3 is 0 Å². The molecule has 0 saturated carbocycles. The summed E-state index contributed by atoms with van der Waals surface area (Å²) < 4.78 is 5.40. The fourth-order valence-corrected chi connectivity index (χ4v) is 1.31. The topological polar surface area (TPSA) is 12.5 Å². The summed E-state index contributed by atoms with van der Waals surface area (Å²) in [5, 5.41) is 0. The summed E-state index contributed by atoms with van der Waals surface area (Å²) in [4.78, 5) is 0. The Morgan fingerprint density at radius 2 is 2.50 bits per heavy atom. The van der Waals surface area contributed by atoms with Crippen LogP contribution in [-0.2, 0) is 4.74 Å². The van der Waals surface area contributed by atoms with Crippen molar-refractivity contribution in [1.82, 2.24) is 0 Å². The maximum absolute atomic E-state index is 5.40. The molecule has 0 bridgehead atoms. The molecule has 1 aliphatic carbocycles. The minimum atomic E-state index is 0.259. The van der Waals surface area contributed by atoms with Gasteiger partial charge < -0.3 is 4.74 Å². The van der Waals surface area contributed by atoms with Gasteiger partial charge in [0, 0.05) is 0 Å². The van der Waals surface area contributed by atoms with Crippen molar-refractivity contribution < 1.29 is 4.74 Å². The number of ether oxygens (including phenoxy) is 1. The molecule has 0 aromatic heterocycles. The van der Waals surface area contributed by atoms with Crippen molar-refractivity contribution in [2.24, 2.45) is 0 Å². The Labute approximate surface area is 49.3 Å². The molecule has 1 fully saturated rings. The summed E-state index contributed by atoms with van der Waals surface area (Å²) in [6, 6.07) is 0. The molecular weight excluding hydrogens is 100 g/mol. The predicted molar refractivity (Wildman–Crippen MR) is 31.7 cm³/mol. The normalized spacial score (nSPS) is 50.9. The molecule has 44 valence electrons. The molecule has 0 radical (unpaired) electrons. The lowest BCUT2D eigenvalue weighted by Gasteiger charge is -2.03. The monoisotopic (exact) mass is 110 g/mol. The summed E-state index contributed by atoms with van der Waals surface area (Å²) in [5.74, 6) is 0. The highest BCUT2D eigenvalue weighted by Gasteiger charge is 2.51. The van der Waals surface area contributed by atoms with E-state index in [9.17, 15) is 0 Å². The van der Waals surface area contributed by atoms with Crippen molar-refractivity contribution in [1.29, 1.82) is 0 Å². The Hall–Kier alpha value is -0.300. The molecule has 0 amide bonds. The van der Waals surface area contributed by atoms with Crippen LogP contribution in [0.4, 0.5) is 0 Å². The van der Waals surface area contributed by atoms with Crippen LogP contribution in [0.3, 0.4) is 0 Å². The Balaban J connectivity index is 2.17. The van der Waals surface area contributed by atoms with Crippen LogP contribution < -0.4 is 0 Å². The molecular formula is C7H10O. The highest BCUT2D eigenvalue weighted by Crippen LogP contribution is 2.44. The van der Waals surface area contributed by atoms with Gasteiger partial charge in [-0.2, -0.15) is 0 Å². The number of rotatable bonds is 0. The standard InChI is InChI=1S/C7H10O/c1-7-5-3-2-4-6(7)8-7/h2-3,6H,4-5H2,1H3/t6-,7+/m0/s1. The van der Waals surface area contributed by atoms with Crippen molar-refractivity contribution in [2.45, 2.75) is 31.5 Å². The summed E-state index contributed by atoms with van der Waals surface area (Å²) in [6.45, 7) is 2.18. The second-order valence-electron chi connectivity index (χ2n) is 2.83. The molecule has 1 heteroatoms. The summed E-state index contributed by atoms with van der Waals surface area (Å²) in [6.07, 6.45) is 7.24. The van der Waals surface area contributed by atoms with Crippen LogP contribution in [0.2, 0.25) is 0 Å². The van der Waals surface area contributed by atoms with Gasteiger partial charge in [0.1, 0.15) is 0 Å². The van der Waals surface area contributed by atoms with Crippen molar-refractivity contribution in [2.75, 3.05) is 0 Å². The van der Waals surface area contributed by atoms with E-state index in [-0.39, 0.29) is 5.60 Å². The minimum Gasteiger partial charge on any atom is -0.366 e. The molecule has 0 unspecified atom stereocenters. The number of hydrogen-bond acceptors (Lipinski definition) is 1. The number of epoxide rings is 1. The molecule has 1 saturated heterocycles. The van der Waals surface area contributed by atoms with Crippen LogP contribution in [0.1, 0.15) is 19.8 Å². The van der Waals surface area contributed by atoms with Gasteiger partial charge in [-0.1, -0.05) is 12.2 Å². The molecule has 1 heterocycles. The molecule has 0 aromatic rings. The van der Waals surface area contributed by atoms with Crippen molar-refractivity contribution in [3.63, 3.8) is 0 Å². The zero-order valence-electron chi connectivity index (χ0n) is 5.05. The van der Waals surface area contributed by atoms with Crippen LogP contribution >= 0.6 is 0 Å². The lowest BCUT2D eigenvalue weighted by molar-refractivity contribution is 0.314. The predicted octanol–water partition coefficient (Wildman–Crippen LogP) is 1.49. The van der Waals surface area contributed by atoms with E-state index in [0.717, 1.165) is 12.8 Å². The molecule has 8 heavy (non-hydrogen) atoms. The average Bonchev–Trinajstić information content (AvgIpc) is 2.39. The Morgan fingerprint density at radius 3 is 3.00 bits per heavy atom. The van der Waals surface area contributed by atoms with E-state index in [4.69, 9.17) is 4.74 Å². The molecule has 2 atom stereocenters. The van der Waals surface area contributed by atoms with E-state index in [1.807, 2.05) is 0 Å². The molecule has 1 nitrogen and oxygen atoms in total. The van der Waals surface area contributed by atoms with Gasteiger partial charge in [0.15, 0.2) is 0 Å². The largest absolute Gasteiger partial charge is 0.366 e. The molecule has 1 aliphatic heterocycles. The van der Waals surface area contributed by atoms with Gasteiger partial charge in [-0.3, -0.25) is 0 Å². The van der Waals surface area contributed by atoms with Gasteiger partial charge in [0.05, 0.1) is 11.7 Å². The van der Waals surface area contributed by atoms with Crippen LogP contribution in [-0.4, -0.2) is 11.7 Å². The van der Waals surface area contributed by atoms with Crippen LogP contribution in [0.5, 0.6) is 0 Å². The fraction of sp³-hybridized carbons (Fsp3) is 0.714. The second kappa shape index (κ2) is 1.16. The smallest absolute Gasteiger partial charge is 0.0957 e. The fourth-order valence-electron chi connectivity index (χ4n) is 1.31. The Morgan fingerprint density at radius 1 is 1.62 bits per heavy atom. The molecule has 2 rings (SSSR count). The van der Waals surface area contributed by atoms with Crippen LogP contribution in [0, 0.1) is 0 Å². The third-order valence-electron chi connectivity index (χ3n) is 2.08. The molecule has 0 spiro atoms. The first-order valence-electron chi connectivity index (χ1n) is 3.14. The van der Waals surface area contributed by atoms with Crippen LogP contribution in [0.25, 0.3) is 0 Å². The lowest BCUT2D eigenvalue weighted by atomic mass is 9.97. The first-order chi connectivity index (χ1) is 3.81. The van der Waals surface area contributed by atoms with Gasteiger partial charge in [0.2, 0.25) is 0 Å². The van der Waals surface area contributed by atoms with E-state index in [1.54, 1.807) is 0 Å². The van der Waals surface area contributed by atoms with E-state index >= 15 is 0 Å². The quantitative estimate of drug-likeness (QED) is 0.340. The van der Waals surface area contributed by atoms with E-state index in [2.05, 4.69) is 19.1 Å². The average molecular weight is 110 g/mol. The molecule has 2 aliphatic rings. The summed E-state index contributed by atoms with van der Waals surface area (Å²) in [7, 11) is 0. The maximum Gasteiger partial charge on any atom is 0.0957 e. The minimum absolute atomic E-state index is 0.259. The van der Waals surface area contributed by atoms with Gasteiger partial charge in [-0.25, -0.2) is 0 Å². The highest BCUT2D eigenvalue weighted by atomic mass is 16.6. The van der Waals surface area contributed by atoms with Crippen molar-refractivity contribution in [3.8, 4) is 0 Å². The van der Waals surface area contributed by atoms with Gasteiger partial charge in [-0.05, 0) is 19.8 Å². The Bertz CT molecular complexity index is 139. The highest BCUT2D eigenvalue weighted by molar-refractivity contribution is 5.11. The summed E-state index contributed by atoms with van der Waals surface area (Å²) >= 11 is 0. The second-order valence-corrected chi connectivity index (χ2v) is 2.83. The maximum atomic E-state index is 5.40.